The largest absolute Gasteiger partial charge is 0.242 e. The van der Waals surface area contributed by atoms with Crippen molar-refractivity contribution in [3.8, 4) is 65.4 Å². The van der Waals surface area contributed by atoms with Gasteiger partial charge in [-0.25, -0.2) is 9.97 Å². The Bertz CT molecular complexity index is 4790. The molecule has 0 amide bonds. The number of fused-ring (bicyclic) bond motifs is 13. The van der Waals surface area contributed by atoms with Gasteiger partial charge in [0.25, 0.3) is 0 Å². The van der Waals surface area contributed by atoms with Gasteiger partial charge < -0.3 is 0 Å². The lowest BCUT2D eigenvalue weighted by atomic mass is 9.67. The molecule has 0 aliphatic heterocycles. The molecule has 2 aliphatic rings. The van der Waals surface area contributed by atoms with Gasteiger partial charge in [-0.1, -0.05) is 279 Å². The van der Waals surface area contributed by atoms with Crippen LogP contribution in [0.2, 0.25) is 0 Å². The summed E-state index contributed by atoms with van der Waals surface area (Å²) in [7, 11) is 0. The second-order valence-electron chi connectivity index (χ2n) is 23.0. The van der Waals surface area contributed by atoms with E-state index >= 15 is 0 Å². The van der Waals surface area contributed by atoms with Crippen molar-refractivity contribution >= 4 is 54.9 Å². The fourth-order valence-corrected chi connectivity index (χ4v) is 16.4. The number of hydrogen-bond acceptors (Lipinski definition) is 3. The third kappa shape index (κ3) is 7.05. The maximum Gasteiger partial charge on any atom is 0.109 e. The summed E-state index contributed by atoms with van der Waals surface area (Å²) in [5.41, 5.74) is 26.9. The van der Waals surface area contributed by atoms with Crippen LogP contribution >= 0.6 is 11.3 Å². The number of aromatic nitrogens is 2. The van der Waals surface area contributed by atoms with Gasteiger partial charge in [0.15, 0.2) is 0 Å². The van der Waals surface area contributed by atoms with Crippen LogP contribution in [0.5, 0.6) is 0 Å². The maximum atomic E-state index is 6.14. The lowest BCUT2D eigenvalue weighted by molar-refractivity contribution is 0.768. The molecule has 0 bridgehead atoms. The number of aryl methyl sites for hydroxylation is 2. The van der Waals surface area contributed by atoms with Gasteiger partial charge in [-0.15, -0.1) is 11.3 Å². The average Bonchev–Trinajstić information content (AvgIpc) is 1.60. The number of benzene rings is 13. The second-order valence-corrected chi connectivity index (χ2v) is 24.1. The van der Waals surface area contributed by atoms with Crippen molar-refractivity contribution in [2.45, 2.75) is 24.7 Å². The van der Waals surface area contributed by atoms with Gasteiger partial charge in [-0.05, 0) is 137 Å². The first-order chi connectivity index (χ1) is 42.0. The molecule has 13 aromatic carbocycles. The zero-order valence-electron chi connectivity index (χ0n) is 47.0. The van der Waals surface area contributed by atoms with Gasteiger partial charge in [0, 0.05) is 21.9 Å². The summed E-state index contributed by atoms with van der Waals surface area (Å²) in [6.45, 7) is 4.41. The normalized spacial score (nSPS) is 13.5. The van der Waals surface area contributed by atoms with Crippen LogP contribution in [0, 0.1) is 13.8 Å². The summed E-state index contributed by atoms with van der Waals surface area (Å²) in [5.74, 6) is 0. The van der Waals surface area contributed by atoms with Crippen molar-refractivity contribution in [1.29, 1.82) is 0 Å². The molecule has 0 radical (unpaired) electrons. The summed E-state index contributed by atoms with van der Waals surface area (Å²) >= 11 is 1.84. The molecule has 0 saturated heterocycles. The first-order valence-corrected chi connectivity index (χ1v) is 30.3. The molecule has 2 nitrogen and oxygen atoms in total. The second kappa shape index (κ2) is 19.1. The highest BCUT2D eigenvalue weighted by Crippen LogP contribution is 2.62. The summed E-state index contributed by atoms with van der Waals surface area (Å²) in [6.07, 6.45) is 0. The topological polar surface area (TPSA) is 25.8 Å². The van der Waals surface area contributed by atoms with Crippen LogP contribution in [0.15, 0.2) is 291 Å². The minimum Gasteiger partial charge on any atom is -0.242 e. The Balaban J connectivity index is 1.02. The van der Waals surface area contributed by atoms with Crippen molar-refractivity contribution in [2.24, 2.45) is 0 Å². The molecule has 2 aliphatic carbocycles. The summed E-state index contributed by atoms with van der Waals surface area (Å²) in [5, 5.41) is 4.47. The molecule has 0 saturated carbocycles. The lowest BCUT2D eigenvalue weighted by Gasteiger charge is -2.34. The van der Waals surface area contributed by atoms with Crippen LogP contribution in [0.25, 0.3) is 109 Å². The predicted octanol–water partition coefficient (Wildman–Crippen LogP) is 21.2. The Morgan fingerprint density at radius 2 is 0.576 bits per heavy atom. The van der Waals surface area contributed by atoms with E-state index in [2.05, 4.69) is 305 Å². The molecule has 3 heteroatoms. The van der Waals surface area contributed by atoms with E-state index in [4.69, 9.17) is 9.97 Å². The van der Waals surface area contributed by atoms with Gasteiger partial charge in [0.05, 0.1) is 31.6 Å². The minimum atomic E-state index is -0.581. The van der Waals surface area contributed by atoms with Gasteiger partial charge in [-0.3, -0.25) is 0 Å². The molecule has 0 N–H and O–H groups in total. The van der Waals surface area contributed by atoms with Gasteiger partial charge in [0.1, 0.15) is 11.0 Å². The quantitative estimate of drug-likeness (QED) is 0.142. The van der Waals surface area contributed by atoms with Crippen molar-refractivity contribution in [2.75, 3.05) is 0 Å². The average molecular weight is 1100 g/mol. The number of thiophene rings is 1. The van der Waals surface area contributed by atoms with E-state index in [1.54, 1.807) is 0 Å². The van der Waals surface area contributed by atoms with Crippen LogP contribution in [0.3, 0.4) is 0 Å². The fraction of sp³-hybridized carbons (Fsp3) is 0.0488. The Morgan fingerprint density at radius 3 is 0.953 bits per heavy atom. The smallest absolute Gasteiger partial charge is 0.109 e. The molecule has 2 aromatic heterocycles. The van der Waals surface area contributed by atoms with Crippen molar-refractivity contribution < 1.29 is 0 Å². The van der Waals surface area contributed by atoms with Crippen LogP contribution in [-0.2, 0) is 10.8 Å². The molecule has 398 valence electrons. The zero-order chi connectivity index (χ0) is 56.4. The van der Waals surface area contributed by atoms with Crippen LogP contribution in [-0.4, -0.2) is 9.97 Å². The zero-order valence-corrected chi connectivity index (χ0v) is 47.8. The van der Waals surface area contributed by atoms with Crippen molar-refractivity contribution in [3.63, 3.8) is 0 Å². The molecular formula is C82H54N2S. The van der Waals surface area contributed by atoms with E-state index in [9.17, 15) is 0 Å². The summed E-state index contributed by atoms with van der Waals surface area (Å²) < 4.78 is 0. The van der Waals surface area contributed by atoms with Gasteiger partial charge in [0.2, 0.25) is 0 Å². The SMILES string of the molecule is Cc1ccccc1-c1ccc2c(c1)c1cc(-c3ccccc3C)ccc1c1nc3c(-c4cccc5c4-c4ccccc4C5(c4ccccc4)c4ccccc4)sc(-c4cccc5c4-c4ccccc4C5(c4ccccc4)c4ccccc4)c3nc21. The first-order valence-electron chi connectivity index (χ1n) is 29.5. The van der Waals surface area contributed by atoms with E-state index in [0.717, 1.165) is 64.5 Å². The Kier molecular flexibility index (Phi) is 11.1. The molecule has 0 atom stereocenters. The third-order valence-corrected chi connectivity index (χ3v) is 20.0. The molecule has 17 rings (SSSR count). The fourth-order valence-electron chi connectivity index (χ4n) is 15.1. The van der Waals surface area contributed by atoms with E-state index in [1.165, 1.54) is 100 Å². The summed E-state index contributed by atoms with van der Waals surface area (Å²) in [4.78, 5) is 14.5. The molecule has 2 heterocycles. The standard InChI is InChI=1S/C82H54N2S/c1-51-25-15-17-35-59(51)53-45-47-61-67(49-53)68-50-54(60-36-18-16-26-52(60)2)46-48-62(68)76-75(61)83-77-78(84-76)80(66-40-24-44-72-74(66)64-38-20-22-42-70(64)82(72,57-31-11-5-12-32-57)58-33-13-6-14-34-58)85-79(77)65-39-23-43-71-73(65)63-37-19-21-41-69(63)81(71,55-27-7-3-8-28-55)56-29-9-4-10-30-56/h3-50H,1-2H3. The molecule has 85 heavy (non-hydrogen) atoms. The number of nitrogens with zero attached hydrogens (tertiary/aromatic N) is 2. The minimum absolute atomic E-state index is 0.581. The first kappa shape index (κ1) is 49.3. The Morgan fingerprint density at radius 1 is 0.259 bits per heavy atom. The highest BCUT2D eigenvalue weighted by molar-refractivity contribution is 7.21. The van der Waals surface area contributed by atoms with Crippen LogP contribution in [0.1, 0.15) is 55.6 Å². The maximum absolute atomic E-state index is 6.14. The number of rotatable bonds is 8. The van der Waals surface area contributed by atoms with Crippen molar-refractivity contribution in [1.82, 2.24) is 9.97 Å². The molecular weight excluding hydrogens is 1040 g/mol. The monoisotopic (exact) mass is 1100 g/mol. The van der Waals surface area contributed by atoms with Gasteiger partial charge >= 0.3 is 0 Å². The van der Waals surface area contributed by atoms with E-state index < -0.39 is 10.8 Å². The predicted molar refractivity (Wildman–Crippen MR) is 356 cm³/mol. The Hall–Kier alpha value is -10.3. The summed E-state index contributed by atoms with van der Waals surface area (Å²) in [6, 6.07) is 108. The number of hydrogen-bond donors (Lipinski definition) is 0. The lowest BCUT2D eigenvalue weighted by Crippen LogP contribution is -2.28. The molecule has 0 unspecified atom stereocenters. The highest BCUT2D eigenvalue weighted by Gasteiger charge is 2.49. The van der Waals surface area contributed by atoms with Crippen LogP contribution < -0.4 is 0 Å². The van der Waals surface area contributed by atoms with E-state index in [-0.39, 0.29) is 0 Å². The molecule has 0 spiro atoms. The van der Waals surface area contributed by atoms with Gasteiger partial charge in [-0.2, -0.15) is 0 Å². The van der Waals surface area contributed by atoms with Crippen LogP contribution in [0.4, 0.5) is 0 Å². The molecule has 0 fully saturated rings. The third-order valence-electron chi connectivity index (χ3n) is 18.7. The molecule has 15 aromatic rings. The highest BCUT2D eigenvalue weighted by atomic mass is 32.1. The van der Waals surface area contributed by atoms with E-state index in [0.29, 0.717) is 0 Å². The van der Waals surface area contributed by atoms with Crippen molar-refractivity contribution in [3.05, 3.63) is 347 Å². The van der Waals surface area contributed by atoms with E-state index in [1.807, 2.05) is 11.3 Å². The Labute approximate surface area is 498 Å².